The van der Waals surface area contributed by atoms with Gasteiger partial charge in [-0.2, -0.15) is 0 Å². The van der Waals surface area contributed by atoms with Gasteiger partial charge in [-0.1, -0.05) is 0 Å². The molecule has 1 nitrogen and oxygen atoms in total. The van der Waals surface area contributed by atoms with Gasteiger partial charge in [0.05, 0.1) is 0 Å². The Kier molecular flexibility index (Phi) is 5.14. The van der Waals surface area contributed by atoms with E-state index >= 15 is 0 Å². The van der Waals surface area contributed by atoms with Gasteiger partial charge in [0.25, 0.3) is 0 Å². The minimum Gasteiger partial charge on any atom is 0.0165 e. The van der Waals surface area contributed by atoms with Crippen molar-refractivity contribution in [1.29, 1.82) is 0 Å². The highest BCUT2D eigenvalue weighted by atomic mass is 127. The molecule has 0 saturated heterocycles. The first kappa shape index (κ1) is 6.15. The molecule has 0 aromatic carbocycles. The lowest BCUT2D eigenvalue weighted by Crippen LogP contribution is -1.66. The lowest BCUT2D eigenvalue weighted by atomic mass is 14.0. The van der Waals surface area contributed by atoms with Crippen LogP contribution in [0.2, 0.25) is 0 Å². The topological polar surface area (TPSA) is 5.90 Å². The molecule has 0 saturated carbocycles. The van der Waals surface area contributed by atoms with Crippen LogP contribution in [-0.2, 0) is 0 Å². The third-order valence-corrected chi connectivity index (χ3v) is 0. The predicted molar refractivity (Wildman–Crippen MR) is 44.2 cm³/mol. The van der Waals surface area contributed by atoms with E-state index in [0.717, 1.165) is 0 Å². The molecule has 0 fully saturated rings. The van der Waals surface area contributed by atoms with Gasteiger partial charge < -0.3 is 0 Å². The molecule has 1 radical (unpaired) electrons. The van der Waals surface area contributed by atoms with Crippen LogP contribution in [0.3, 0.4) is 0 Å². The van der Waals surface area contributed by atoms with Crippen molar-refractivity contribution < 1.29 is 0 Å². The summed E-state index contributed by atoms with van der Waals surface area (Å²) in [5.41, 5.74) is 0. The van der Waals surface area contributed by atoms with Gasteiger partial charge in [0.1, 0.15) is 0 Å². The molecule has 0 atom stereocenters. The maximum atomic E-state index is 2.15. The fourth-order valence-electron chi connectivity index (χ4n) is 0. The second kappa shape index (κ2) is 3.34. The van der Waals surface area contributed by atoms with Crippen molar-refractivity contribution in [1.82, 2.24) is -0.460 Å². The largest absolute Gasteiger partial charge is 0.328 e. The Balaban J connectivity index is 2.32. The second-order valence-corrected chi connectivity index (χ2v) is 8.62. The average molecular weight is 395 g/mol. The van der Waals surface area contributed by atoms with Crippen molar-refractivity contribution >= 4 is 68.6 Å². The molecule has 0 aliphatic rings. The monoisotopic (exact) mass is 395 g/mol. The minimum absolute atomic E-state index is 1.91. The summed E-state index contributed by atoms with van der Waals surface area (Å²) in [7, 11) is 0. The molecule has 0 N–H and O–H groups in total. The lowest BCUT2D eigenvalue weighted by molar-refractivity contribution is 1.89. The SMILES string of the molecule is I[N+](I)I. The van der Waals surface area contributed by atoms with Crippen LogP contribution in [0.25, 0.3) is 0 Å². The van der Waals surface area contributed by atoms with Crippen LogP contribution < -0.4 is -0.460 Å². The predicted octanol–water partition coefficient (Wildman–Crippen LogP) is 2.18. The Bertz CT molecular complexity index is 8.00. The summed E-state index contributed by atoms with van der Waals surface area (Å²) in [6.45, 7) is 0. The van der Waals surface area contributed by atoms with Crippen LogP contribution in [0.4, 0.5) is 0 Å². The fraction of sp³-hybridized carbons (Fsp3) is 0. The first-order valence-corrected chi connectivity index (χ1v) is 3.40. The molecule has 4 heteroatoms. The molecule has 0 aliphatic carbocycles. The van der Waals surface area contributed by atoms with Crippen molar-refractivity contribution in [3.63, 3.8) is 0 Å². The van der Waals surface area contributed by atoms with Gasteiger partial charge in [-0.15, -0.1) is 0 Å². The maximum absolute atomic E-state index is 2.15. The Morgan fingerprint density at radius 3 is 1.00 bits per heavy atom. The Hall–Kier alpha value is 2.15. The van der Waals surface area contributed by atoms with E-state index in [1.807, 2.05) is -0.460 Å². The summed E-state index contributed by atoms with van der Waals surface area (Å²) in [5.74, 6) is 0. The van der Waals surface area contributed by atoms with Gasteiger partial charge in [-0.25, -0.2) is 0 Å². The Morgan fingerprint density at radius 1 is 1.00 bits per heavy atom. The highest BCUT2D eigenvalue weighted by molar-refractivity contribution is 14.3. The smallest absolute Gasteiger partial charge is 0.0165 e. The van der Waals surface area contributed by atoms with E-state index in [2.05, 4.69) is 68.6 Å². The molecular formula is I3N+. The van der Waals surface area contributed by atoms with Crippen molar-refractivity contribution in [3.05, 3.63) is 0 Å². The molecule has 0 aromatic heterocycles. The number of halogens is 3. The lowest BCUT2D eigenvalue weighted by Gasteiger charge is -1.57. The average Bonchev–Trinajstić information content (AvgIpc) is 0.811. The minimum atomic E-state index is 1.91. The molecule has 0 spiro atoms. The van der Waals surface area contributed by atoms with E-state index in [4.69, 9.17) is 0 Å². The molecule has 0 aromatic rings. The van der Waals surface area contributed by atoms with Crippen LogP contribution in [0.1, 0.15) is 0 Å². The normalized spacial score (nSPS) is 9.00. The standard InChI is InChI=1S/I3N/c1-4(2)3/q+1. The summed E-state index contributed by atoms with van der Waals surface area (Å²) in [4.78, 5) is 0. The van der Waals surface area contributed by atoms with Crippen LogP contribution >= 0.6 is 68.6 Å². The maximum Gasteiger partial charge on any atom is 0.328 e. The highest BCUT2D eigenvalue weighted by Crippen LogP contribution is 2.07. The molecule has 4 heavy (non-hydrogen) atoms. The molecule has 0 amide bonds. The summed E-state index contributed by atoms with van der Waals surface area (Å²) < 4.78 is 1.91. The molecule has 25 valence electrons. The Labute approximate surface area is 67.0 Å². The summed E-state index contributed by atoms with van der Waals surface area (Å²) in [5, 5.41) is 0. The number of nitrogens with zero attached hydrogens (tertiary/aromatic N) is 1. The van der Waals surface area contributed by atoms with Crippen molar-refractivity contribution in [2.45, 2.75) is 0 Å². The molecule has 0 bridgehead atoms. The highest BCUT2D eigenvalue weighted by Gasteiger charge is 1.91. The van der Waals surface area contributed by atoms with Crippen LogP contribution in [0, 0.1) is 0 Å². The zero-order valence-electron chi connectivity index (χ0n) is 1.58. The zero-order valence-corrected chi connectivity index (χ0v) is 8.05. The van der Waals surface area contributed by atoms with Crippen molar-refractivity contribution in [3.8, 4) is 0 Å². The summed E-state index contributed by atoms with van der Waals surface area (Å²) >= 11 is 6.45. The molecule has 0 unspecified atom stereocenters. The third-order valence-electron chi connectivity index (χ3n) is 0. The zero-order chi connectivity index (χ0) is 3.58. The molecule has 0 aliphatic heterocycles. The quantitative estimate of drug-likeness (QED) is 0.439. The molecule has 0 heterocycles. The van der Waals surface area contributed by atoms with Gasteiger partial charge in [-0.3, -0.25) is 0 Å². The van der Waals surface area contributed by atoms with Crippen LogP contribution in [0.5, 0.6) is 0 Å². The van der Waals surface area contributed by atoms with E-state index in [9.17, 15) is 0 Å². The number of hydrogen-bond acceptors (Lipinski definition) is 1. The van der Waals surface area contributed by atoms with Gasteiger partial charge in [0.15, 0.2) is 0 Å². The van der Waals surface area contributed by atoms with Crippen molar-refractivity contribution in [2.75, 3.05) is 0 Å². The molecule has 0 rings (SSSR count). The van der Waals surface area contributed by atoms with E-state index in [1.54, 1.807) is 0 Å². The van der Waals surface area contributed by atoms with E-state index in [-0.39, 0.29) is 0 Å². The first-order valence-electron chi connectivity index (χ1n) is 0.507. The van der Waals surface area contributed by atoms with Gasteiger partial charge in [0, 0.05) is -0.460 Å². The second-order valence-electron chi connectivity index (χ2n) is 0.192. The van der Waals surface area contributed by atoms with Crippen LogP contribution in [0.15, 0.2) is 0 Å². The van der Waals surface area contributed by atoms with Gasteiger partial charge >= 0.3 is 68.6 Å². The fourth-order valence-corrected chi connectivity index (χ4v) is 0. The van der Waals surface area contributed by atoms with E-state index < -0.39 is 0 Å². The van der Waals surface area contributed by atoms with Crippen LogP contribution in [-0.4, -0.2) is 0 Å². The molecular weight excluding hydrogens is 395 g/mol. The Morgan fingerprint density at radius 2 is 1.00 bits per heavy atom. The van der Waals surface area contributed by atoms with Crippen molar-refractivity contribution in [2.24, 2.45) is 0 Å². The third kappa shape index (κ3) is 8.91. The number of hydrogen-bond donors (Lipinski definition) is 0. The summed E-state index contributed by atoms with van der Waals surface area (Å²) in [6.07, 6.45) is 0. The first-order chi connectivity index (χ1) is 1.73. The van der Waals surface area contributed by atoms with E-state index in [1.165, 1.54) is 0 Å². The van der Waals surface area contributed by atoms with E-state index in [0.29, 0.717) is 0 Å². The van der Waals surface area contributed by atoms with Gasteiger partial charge in [0.2, 0.25) is 0 Å². The van der Waals surface area contributed by atoms with Gasteiger partial charge in [-0.05, 0) is 0 Å². The summed E-state index contributed by atoms with van der Waals surface area (Å²) in [6, 6.07) is 0. The number of rotatable bonds is 0.